The number of H-pyrrole nitrogens is 1. The summed E-state index contributed by atoms with van der Waals surface area (Å²) >= 11 is 6.06. The van der Waals surface area contributed by atoms with Crippen LogP contribution in [-0.2, 0) is 0 Å². The van der Waals surface area contributed by atoms with Crippen molar-refractivity contribution in [2.45, 2.75) is 19.8 Å². The van der Waals surface area contributed by atoms with Crippen molar-refractivity contribution in [3.63, 3.8) is 0 Å². The second kappa shape index (κ2) is 3.58. The minimum absolute atomic E-state index is 0.267. The maximum Gasteiger partial charge on any atom is 0.284 e. The van der Waals surface area contributed by atoms with Crippen molar-refractivity contribution < 1.29 is 4.42 Å². The predicted molar refractivity (Wildman–Crippen MR) is 54.7 cm³/mol. The number of rotatable bonds is 2. The first-order chi connectivity index (χ1) is 6.68. The minimum Gasteiger partial charge on any atom is -0.408 e. The van der Waals surface area contributed by atoms with Gasteiger partial charge in [0.2, 0.25) is 0 Å². The number of hydrogen-bond donors (Lipinski definition) is 1. The molecule has 2 rings (SSSR count). The van der Waals surface area contributed by atoms with Gasteiger partial charge in [-0.3, -0.25) is 0 Å². The number of aromatic amines is 1. The Labute approximate surface area is 89.3 Å². The summed E-state index contributed by atoms with van der Waals surface area (Å²) in [6.45, 7) is 4.09. The van der Waals surface area contributed by atoms with Gasteiger partial charge in [0.25, 0.3) is 10.7 Å². The average molecular weight is 228 g/mol. The number of nitrogens with zero attached hydrogens (tertiary/aromatic N) is 3. The van der Waals surface area contributed by atoms with E-state index in [1.807, 2.05) is 13.8 Å². The van der Waals surface area contributed by atoms with Gasteiger partial charge in [0, 0.05) is 0 Å². The second-order valence-electron chi connectivity index (χ2n) is 3.06. The SMILES string of the molecule is CC(C)c1nnsc1-c1n[nH]c(=S)o1. The maximum atomic E-state index is 5.20. The lowest BCUT2D eigenvalue weighted by atomic mass is 10.1. The monoisotopic (exact) mass is 228 g/mol. The van der Waals surface area contributed by atoms with E-state index in [0.29, 0.717) is 11.8 Å². The van der Waals surface area contributed by atoms with Crippen LogP contribution in [0.4, 0.5) is 0 Å². The molecule has 74 valence electrons. The van der Waals surface area contributed by atoms with Gasteiger partial charge < -0.3 is 4.42 Å². The Morgan fingerprint density at radius 1 is 1.50 bits per heavy atom. The summed E-state index contributed by atoms with van der Waals surface area (Å²) in [7, 11) is 0. The summed E-state index contributed by atoms with van der Waals surface area (Å²) in [5, 5.41) is 10.5. The van der Waals surface area contributed by atoms with Crippen LogP contribution in [0.3, 0.4) is 0 Å². The van der Waals surface area contributed by atoms with E-state index >= 15 is 0 Å². The summed E-state index contributed by atoms with van der Waals surface area (Å²) in [5.41, 5.74) is 0.889. The third kappa shape index (κ3) is 1.60. The topological polar surface area (TPSA) is 67.6 Å². The van der Waals surface area contributed by atoms with Crippen LogP contribution in [0.25, 0.3) is 10.8 Å². The van der Waals surface area contributed by atoms with Gasteiger partial charge in [-0.2, -0.15) is 0 Å². The molecule has 0 atom stereocenters. The van der Waals surface area contributed by atoms with Gasteiger partial charge >= 0.3 is 0 Å². The highest BCUT2D eigenvalue weighted by atomic mass is 32.1. The summed E-state index contributed by atoms with van der Waals surface area (Å²) in [4.78, 5) is 1.11. The molecule has 5 nitrogen and oxygen atoms in total. The zero-order valence-corrected chi connectivity index (χ0v) is 9.28. The molecule has 0 aromatic carbocycles. The van der Waals surface area contributed by atoms with Crippen molar-refractivity contribution in [3.8, 4) is 10.8 Å². The Morgan fingerprint density at radius 3 is 2.86 bits per heavy atom. The molecule has 0 aliphatic carbocycles. The van der Waals surface area contributed by atoms with E-state index in [9.17, 15) is 0 Å². The molecule has 1 N–H and O–H groups in total. The van der Waals surface area contributed by atoms with E-state index in [2.05, 4.69) is 19.8 Å². The summed E-state index contributed by atoms with van der Waals surface area (Å²) in [6, 6.07) is 0. The van der Waals surface area contributed by atoms with Gasteiger partial charge in [0.05, 0.1) is 5.69 Å². The molecule has 2 aromatic rings. The molecule has 2 aromatic heterocycles. The van der Waals surface area contributed by atoms with E-state index in [1.54, 1.807) is 0 Å². The molecule has 0 aliphatic rings. The molecule has 7 heteroatoms. The molecule has 0 aliphatic heterocycles. The molecule has 0 bridgehead atoms. The van der Waals surface area contributed by atoms with Crippen LogP contribution in [0.2, 0.25) is 0 Å². The van der Waals surface area contributed by atoms with Crippen molar-refractivity contribution in [1.29, 1.82) is 0 Å². The van der Waals surface area contributed by atoms with Crippen molar-refractivity contribution in [2.24, 2.45) is 0 Å². The highest BCUT2D eigenvalue weighted by Gasteiger charge is 2.17. The Balaban J connectivity index is 2.51. The third-order valence-electron chi connectivity index (χ3n) is 1.69. The van der Waals surface area contributed by atoms with E-state index in [0.717, 1.165) is 10.6 Å². The zero-order chi connectivity index (χ0) is 10.1. The molecule has 0 unspecified atom stereocenters. The van der Waals surface area contributed by atoms with E-state index in [1.165, 1.54) is 11.5 Å². The van der Waals surface area contributed by atoms with Gasteiger partial charge in [-0.25, -0.2) is 5.10 Å². The van der Waals surface area contributed by atoms with Crippen molar-refractivity contribution >= 4 is 23.8 Å². The normalized spacial score (nSPS) is 11.1. The number of nitrogens with one attached hydrogen (secondary N) is 1. The molecule has 0 saturated carbocycles. The second-order valence-corrected chi connectivity index (χ2v) is 4.19. The standard InChI is InChI=1S/C7H8N4OS2/c1-3(2)4-5(14-11-8-4)6-9-10-7(13)12-6/h3H,1-2H3,(H,10,13). The van der Waals surface area contributed by atoms with E-state index < -0.39 is 0 Å². The molecule has 0 amide bonds. The quantitative estimate of drug-likeness (QED) is 0.799. The molecule has 0 radical (unpaired) electrons. The fourth-order valence-electron chi connectivity index (χ4n) is 1.05. The first-order valence-corrected chi connectivity index (χ1v) is 5.24. The van der Waals surface area contributed by atoms with Crippen molar-refractivity contribution in [1.82, 2.24) is 19.8 Å². The van der Waals surface area contributed by atoms with Gasteiger partial charge in [-0.15, -0.1) is 10.2 Å². The summed E-state index contributed by atoms with van der Waals surface area (Å²) in [6.07, 6.45) is 0. The number of hydrogen-bond acceptors (Lipinski definition) is 6. The van der Waals surface area contributed by atoms with Crippen molar-refractivity contribution in [2.75, 3.05) is 0 Å². The average Bonchev–Trinajstić information content (AvgIpc) is 2.70. The predicted octanol–water partition coefficient (Wildman–Crippen LogP) is 2.37. The number of aromatic nitrogens is 4. The van der Waals surface area contributed by atoms with Crippen LogP contribution in [0.5, 0.6) is 0 Å². The van der Waals surface area contributed by atoms with Crippen LogP contribution in [0.1, 0.15) is 25.5 Å². The van der Waals surface area contributed by atoms with Crippen LogP contribution >= 0.6 is 23.8 Å². The van der Waals surface area contributed by atoms with Gasteiger partial charge in [0.1, 0.15) is 4.88 Å². The molecule has 0 fully saturated rings. The third-order valence-corrected chi connectivity index (χ3v) is 2.60. The first-order valence-electron chi connectivity index (χ1n) is 4.06. The fraction of sp³-hybridized carbons (Fsp3) is 0.429. The highest BCUT2D eigenvalue weighted by molar-refractivity contribution is 7.71. The molecular formula is C7H8N4OS2. The first kappa shape index (κ1) is 9.47. The Morgan fingerprint density at radius 2 is 2.29 bits per heavy atom. The van der Waals surface area contributed by atoms with E-state index in [4.69, 9.17) is 16.6 Å². The fourth-order valence-corrected chi connectivity index (χ4v) is 1.92. The van der Waals surface area contributed by atoms with Crippen LogP contribution in [-0.4, -0.2) is 19.8 Å². The van der Waals surface area contributed by atoms with Gasteiger partial charge in [-0.1, -0.05) is 18.3 Å². The Bertz CT molecular complexity index is 484. The van der Waals surface area contributed by atoms with Crippen molar-refractivity contribution in [3.05, 3.63) is 10.5 Å². The maximum absolute atomic E-state index is 5.20. The molecule has 2 heterocycles. The lowest BCUT2D eigenvalue weighted by molar-refractivity contribution is 0.552. The lowest BCUT2D eigenvalue weighted by Gasteiger charge is -1.98. The smallest absolute Gasteiger partial charge is 0.284 e. The highest BCUT2D eigenvalue weighted by Crippen LogP contribution is 2.28. The van der Waals surface area contributed by atoms with Gasteiger partial charge in [0.15, 0.2) is 0 Å². The molecular weight excluding hydrogens is 220 g/mol. The molecule has 0 spiro atoms. The zero-order valence-electron chi connectivity index (χ0n) is 7.64. The molecule has 0 saturated heterocycles. The summed E-state index contributed by atoms with van der Waals surface area (Å²) in [5.74, 6) is 0.762. The van der Waals surface area contributed by atoms with Crippen LogP contribution < -0.4 is 0 Å². The minimum atomic E-state index is 0.267. The Kier molecular flexibility index (Phi) is 2.42. The van der Waals surface area contributed by atoms with Gasteiger partial charge in [-0.05, 0) is 29.7 Å². The van der Waals surface area contributed by atoms with E-state index in [-0.39, 0.29) is 4.84 Å². The van der Waals surface area contributed by atoms with Crippen LogP contribution in [0.15, 0.2) is 4.42 Å². The largest absolute Gasteiger partial charge is 0.408 e. The summed E-state index contributed by atoms with van der Waals surface area (Å²) < 4.78 is 9.07. The lowest BCUT2D eigenvalue weighted by Crippen LogP contribution is -1.90. The Hall–Kier alpha value is -1.08. The molecule has 14 heavy (non-hydrogen) atoms. The van der Waals surface area contributed by atoms with Crippen LogP contribution in [0, 0.1) is 4.84 Å².